The first-order valence-corrected chi connectivity index (χ1v) is 6.68. The first kappa shape index (κ1) is 16.3. The number of hydrogen-bond donors (Lipinski definition) is 2. The Bertz CT molecular complexity index is 806. The molecule has 1 aromatic heterocycles. The molecule has 2 N–H and O–H groups in total. The van der Waals surface area contributed by atoms with Crippen LogP contribution in [0, 0.1) is 0 Å². The average Bonchev–Trinajstić information content (AvgIpc) is 2.76. The second-order valence-electron chi connectivity index (χ2n) is 5.08. The number of carbonyl (C=O) groups excluding carboxylic acids is 2. The van der Waals surface area contributed by atoms with Crippen molar-refractivity contribution in [1.82, 2.24) is 4.98 Å². The maximum atomic E-state index is 11.4. The van der Waals surface area contributed by atoms with E-state index in [2.05, 4.69) is 4.98 Å². The predicted octanol–water partition coefficient (Wildman–Crippen LogP) is 1.78. The number of fused-ring (bicyclic) bond motifs is 1. The van der Waals surface area contributed by atoms with E-state index in [1.54, 1.807) is 19.0 Å². The van der Waals surface area contributed by atoms with E-state index in [9.17, 15) is 19.5 Å². The SMILES string of the molecule is CC(=O)Oc1cc(OC(C)=O)c2c(N(C)C)c(C(=O)O)[nH]c2c1. The van der Waals surface area contributed by atoms with Crippen LogP contribution in [0.3, 0.4) is 0 Å². The fraction of sp³-hybridized carbons (Fsp3) is 0.267. The van der Waals surface area contributed by atoms with Gasteiger partial charge >= 0.3 is 17.9 Å². The molecule has 0 amide bonds. The minimum absolute atomic E-state index is 0.0571. The predicted molar refractivity (Wildman–Crippen MR) is 82.2 cm³/mol. The summed E-state index contributed by atoms with van der Waals surface area (Å²) < 4.78 is 10.2. The number of aromatic amines is 1. The smallest absolute Gasteiger partial charge is 0.354 e. The highest BCUT2D eigenvalue weighted by molar-refractivity contribution is 6.09. The molecule has 0 fully saturated rings. The zero-order valence-electron chi connectivity index (χ0n) is 13.1. The van der Waals surface area contributed by atoms with Crippen LogP contribution in [-0.4, -0.2) is 42.1 Å². The van der Waals surface area contributed by atoms with E-state index in [1.807, 2.05) is 0 Å². The third kappa shape index (κ3) is 3.25. The number of aromatic nitrogens is 1. The summed E-state index contributed by atoms with van der Waals surface area (Å²) >= 11 is 0. The molecule has 0 radical (unpaired) electrons. The van der Waals surface area contributed by atoms with E-state index in [1.165, 1.54) is 26.0 Å². The lowest BCUT2D eigenvalue weighted by molar-refractivity contribution is -0.132. The maximum Gasteiger partial charge on any atom is 0.354 e. The quantitative estimate of drug-likeness (QED) is 0.653. The molecule has 2 rings (SSSR count). The summed E-state index contributed by atoms with van der Waals surface area (Å²) in [4.78, 5) is 38.3. The molecule has 0 aliphatic rings. The first-order valence-electron chi connectivity index (χ1n) is 6.68. The van der Waals surface area contributed by atoms with Gasteiger partial charge in [-0.15, -0.1) is 0 Å². The molecule has 0 bridgehead atoms. The van der Waals surface area contributed by atoms with E-state index in [0.29, 0.717) is 16.6 Å². The van der Waals surface area contributed by atoms with Crippen LogP contribution >= 0.6 is 0 Å². The molecule has 0 atom stereocenters. The second-order valence-corrected chi connectivity index (χ2v) is 5.08. The van der Waals surface area contributed by atoms with Gasteiger partial charge in [0.25, 0.3) is 0 Å². The summed E-state index contributed by atoms with van der Waals surface area (Å²) in [6, 6.07) is 2.85. The Balaban J connectivity index is 2.81. The van der Waals surface area contributed by atoms with Crippen LogP contribution in [-0.2, 0) is 9.59 Å². The molecule has 8 heteroatoms. The van der Waals surface area contributed by atoms with Crippen LogP contribution in [0.25, 0.3) is 10.9 Å². The van der Waals surface area contributed by atoms with Gasteiger partial charge in [0, 0.05) is 40.1 Å². The van der Waals surface area contributed by atoms with Gasteiger partial charge in [0.2, 0.25) is 0 Å². The van der Waals surface area contributed by atoms with Crippen molar-refractivity contribution in [3.63, 3.8) is 0 Å². The molecule has 0 aliphatic carbocycles. The van der Waals surface area contributed by atoms with Crippen molar-refractivity contribution < 1.29 is 29.0 Å². The van der Waals surface area contributed by atoms with Gasteiger partial charge in [-0.25, -0.2) is 4.79 Å². The zero-order valence-corrected chi connectivity index (χ0v) is 13.1. The monoisotopic (exact) mass is 320 g/mol. The number of nitrogens with zero attached hydrogens (tertiary/aromatic N) is 1. The highest BCUT2D eigenvalue weighted by Gasteiger charge is 2.23. The minimum Gasteiger partial charge on any atom is -0.477 e. The summed E-state index contributed by atoms with van der Waals surface area (Å²) in [5.41, 5.74) is 0.678. The summed E-state index contributed by atoms with van der Waals surface area (Å²) in [6.07, 6.45) is 0. The zero-order chi connectivity index (χ0) is 17.3. The van der Waals surface area contributed by atoms with E-state index in [0.717, 1.165) is 0 Å². The Hall–Kier alpha value is -3.03. The largest absolute Gasteiger partial charge is 0.477 e. The van der Waals surface area contributed by atoms with Crippen LogP contribution < -0.4 is 14.4 Å². The van der Waals surface area contributed by atoms with Crippen LogP contribution in [0.15, 0.2) is 12.1 Å². The Kier molecular flexibility index (Phi) is 4.26. The second kappa shape index (κ2) is 5.99. The first-order chi connectivity index (χ1) is 10.7. The molecule has 1 heterocycles. The molecule has 0 saturated heterocycles. The maximum absolute atomic E-state index is 11.4. The number of hydrogen-bond acceptors (Lipinski definition) is 6. The number of H-pyrrole nitrogens is 1. The third-order valence-electron chi connectivity index (χ3n) is 2.99. The minimum atomic E-state index is -1.16. The Labute approximate surface area is 131 Å². The number of aromatic carboxylic acids is 1. The van der Waals surface area contributed by atoms with E-state index >= 15 is 0 Å². The van der Waals surface area contributed by atoms with E-state index in [4.69, 9.17) is 9.47 Å². The lowest BCUT2D eigenvalue weighted by Gasteiger charge is -2.14. The summed E-state index contributed by atoms with van der Waals surface area (Å²) in [7, 11) is 3.35. The van der Waals surface area contributed by atoms with Crippen molar-refractivity contribution >= 4 is 34.5 Å². The normalized spacial score (nSPS) is 10.4. The van der Waals surface area contributed by atoms with Gasteiger partial charge in [0.05, 0.1) is 16.6 Å². The van der Waals surface area contributed by atoms with Crippen molar-refractivity contribution in [2.24, 2.45) is 0 Å². The number of benzene rings is 1. The molecule has 1 aromatic carbocycles. The Morgan fingerprint density at radius 2 is 1.70 bits per heavy atom. The van der Waals surface area contributed by atoms with Gasteiger partial charge in [-0.05, 0) is 0 Å². The average molecular weight is 320 g/mol. The van der Waals surface area contributed by atoms with Crippen LogP contribution in [0.2, 0.25) is 0 Å². The fourth-order valence-electron chi connectivity index (χ4n) is 2.31. The Morgan fingerprint density at radius 1 is 1.09 bits per heavy atom. The van der Waals surface area contributed by atoms with Crippen LogP contribution in [0.4, 0.5) is 5.69 Å². The molecule has 0 saturated carbocycles. The van der Waals surface area contributed by atoms with Gasteiger partial charge < -0.3 is 24.5 Å². The van der Waals surface area contributed by atoms with Gasteiger partial charge in [-0.1, -0.05) is 0 Å². The summed E-state index contributed by atoms with van der Waals surface area (Å²) in [5.74, 6) is -2.03. The lowest BCUT2D eigenvalue weighted by Crippen LogP contribution is -2.13. The van der Waals surface area contributed by atoms with Crippen molar-refractivity contribution in [3.05, 3.63) is 17.8 Å². The van der Waals surface area contributed by atoms with Gasteiger partial charge in [0.1, 0.15) is 17.2 Å². The molecular weight excluding hydrogens is 304 g/mol. The standard InChI is InChI=1S/C15H16N2O6/c1-7(18)22-9-5-10-12(11(6-9)23-8(2)19)14(17(3)4)13(16-10)15(20)21/h5-6,16H,1-4H3,(H,20,21). The number of carbonyl (C=O) groups is 3. The number of esters is 2. The van der Waals surface area contributed by atoms with E-state index < -0.39 is 17.9 Å². The van der Waals surface area contributed by atoms with Gasteiger partial charge in [-0.2, -0.15) is 0 Å². The van der Waals surface area contributed by atoms with Crippen molar-refractivity contribution in [2.45, 2.75) is 13.8 Å². The van der Waals surface area contributed by atoms with Crippen molar-refractivity contribution in [3.8, 4) is 11.5 Å². The van der Waals surface area contributed by atoms with Crippen LogP contribution in [0.5, 0.6) is 11.5 Å². The lowest BCUT2D eigenvalue weighted by atomic mass is 10.1. The Morgan fingerprint density at radius 3 is 2.17 bits per heavy atom. The molecule has 122 valence electrons. The van der Waals surface area contributed by atoms with E-state index in [-0.39, 0.29) is 17.2 Å². The van der Waals surface area contributed by atoms with Gasteiger partial charge in [-0.3, -0.25) is 9.59 Å². The number of anilines is 1. The van der Waals surface area contributed by atoms with Gasteiger partial charge in [0.15, 0.2) is 0 Å². The number of carboxylic acids is 1. The molecule has 0 spiro atoms. The molecule has 2 aromatic rings. The molecule has 0 unspecified atom stereocenters. The topological polar surface area (TPSA) is 109 Å². The molecule has 8 nitrogen and oxygen atoms in total. The van der Waals surface area contributed by atoms with Crippen molar-refractivity contribution in [2.75, 3.05) is 19.0 Å². The highest BCUT2D eigenvalue weighted by Crippen LogP contribution is 2.40. The van der Waals surface area contributed by atoms with Crippen molar-refractivity contribution in [1.29, 1.82) is 0 Å². The number of ether oxygens (including phenoxy) is 2. The molecule has 0 aliphatic heterocycles. The number of nitrogens with one attached hydrogen (secondary N) is 1. The number of rotatable bonds is 4. The third-order valence-corrected chi connectivity index (χ3v) is 2.99. The van der Waals surface area contributed by atoms with Crippen LogP contribution in [0.1, 0.15) is 24.3 Å². The molecule has 23 heavy (non-hydrogen) atoms. The summed E-state index contributed by atoms with van der Waals surface area (Å²) in [6.45, 7) is 2.46. The number of carboxylic acid groups (broad SMARTS) is 1. The molecular formula is C15H16N2O6. The fourth-order valence-corrected chi connectivity index (χ4v) is 2.31. The summed E-state index contributed by atoms with van der Waals surface area (Å²) in [5, 5.41) is 9.77. The highest BCUT2D eigenvalue weighted by atomic mass is 16.5.